The van der Waals surface area contributed by atoms with E-state index >= 15 is 0 Å². The van der Waals surface area contributed by atoms with Gasteiger partial charge in [-0.25, -0.2) is 0 Å². The summed E-state index contributed by atoms with van der Waals surface area (Å²) >= 11 is 0. The summed E-state index contributed by atoms with van der Waals surface area (Å²) in [6.45, 7) is 6.37. The van der Waals surface area contributed by atoms with E-state index in [1.165, 1.54) is 16.7 Å². The van der Waals surface area contributed by atoms with Gasteiger partial charge in [-0.05, 0) is 60.7 Å². The SMILES string of the molecule is Cc1cc(C(C)(c2ccccc2)c2ccc(N)c(C)c2)ccc1N. The van der Waals surface area contributed by atoms with Crippen LogP contribution in [-0.2, 0) is 5.41 Å². The molecule has 0 saturated carbocycles. The van der Waals surface area contributed by atoms with E-state index in [2.05, 4.69) is 69.3 Å². The van der Waals surface area contributed by atoms with Crippen LogP contribution in [0.3, 0.4) is 0 Å². The standard InChI is InChI=1S/C22H24N2/c1-15-13-18(9-11-20(15)23)22(3,17-7-5-4-6-8-17)19-10-12-21(24)16(2)14-19/h4-14H,23-24H2,1-3H3. The van der Waals surface area contributed by atoms with Crippen molar-refractivity contribution in [2.24, 2.45) is 0 Å². The number of nitrogen functional groups attached to an aromatic ring is 2. The van der Waals surface area contributed by atoms with Crippen molar-refractivity contribution in [3.8, 4) is 0 Å². The van der Waals surface area contributed by atoms with Gasteiger partial charge in [0.05, 0.1) is 0 Å². The molecule has 24 heavy (non-hydrogen) atoms. The maximum absolute atomic E-state index is 6.04. The minimum atomic E-state index is -0.266. The highest BCUT2D eigenvalue weighted by atomic mass is 14.6. The lowest BCUT2D eigenvalue weighted by Crippen LogP contribution is -2.25. The van der Waals surface area contributed by atoms with Crippen molar-refractivity contribution in [1.82, 2.24) is 0 Å². The average molecular weight is 316 g/mol. The van der Waals surface area contributed by atoms with Crippen LogP contribution in [0.5, 0.6) is 0 Å². The van der Waals surface area contributed by atoms with Crippen LogP contribution in [0.4, 0.5) is 11.4 Å². The summed E-state index contributed by atoms with van der Waals surface area (Å²) in [5, 5.41) is 0. The third-order valence-corrected chi connectivity index (χ3v) is 5.05. The van der Waals surface area contributed by atoms with Gasteiger partial charge in [0.2, 0.25) is 0 Å². The van der Waals surface area contributed by atoms with E-state index in [1.807, 2.05) is 18.2 Å². The van der Waals surface area contributed by atoms with Crippen molar-refractivity contribution < 1.29 is 0 Å². The van der Waals surface area contributed by atoms with Crippen LogP contribution >= 0.6 is 0 Å². The zero-order chi connectivity index (χ0) is 17.3. The van der Waals surface area contributed by atoms with Crippen molar-refractivity contribution in [3.63, 3.8) is 0 Å². The highest BCUT2D eigenvalue weighted by Gasteiger charge is 2.31. The van der Waals surface area contributed by atoms with Gasteiger partial charge in [0.15, 0.2) is 0 Å². The summed E-state index contributed by atoms with van der Waals surface area (Å²) in [5.41, 5.74) is 19.4. The Morgan fingerprint density at radius 2 is 1.08 bits per heavy atom. The normalized spacial score (nSPS) is 11.5. The van der Waals surface area contributed by atoms with Crippen molar-refractivity contribution in [2.45, 2.75) is 26.2 Å². The van der Waals surface area contributed by atoms with Gasteiger partial charge in [-0.3, -0.25) is 0 Å². The Labute approximate surface area is 144 Å². The van der Waals surface area contributed by atoms with Gasteiger partial charge < -0.3 is 11.5 Å². The Kier molecular flexibility index (Phi) is 4.06. The van der Waals surface area contributed by atoms with E-state index in [-0.39, 0.29) is 5.41 Å². The molecule has 0 spiro atoms. The number of rotatable bonds is 3. The molecule has 0 aliphatic rings. The summed E-state index contributed by atoms with van der Waals surface area (Å²) in [7, 11) is 0. The van der Waals surface area contributed by atoms with Crippen molar-refractivity contribution in [3.05, 3.63) is 94.5 Å². The third kappa shape index (κ3) is 2.65. The molecule has 4 N–H and O–H groups in total. The van der Waals surface area contributed by atoms with Crippen molar-refractivity contribution >= 4 is 11.4 Å². The largest absolute Gasteiger partial charge is 0.399 e. The molecule has 2 heteroatoms. The molecular weight excluding hydrogens is 292 g/mol. The Balaban J connectivity index is 2.28. The molecule has 0 unspecified atom stereocenters. The summed E-state index contributed by atoms with van der Waals surface area (Å²) in [5.74, 6) is 0. The van der Waals surface area contributed by atoms with Crippen LogP contribution in [0.25, 0.3) is 0 Å². The third-order valence-electron chi connectivity index (χ3n) is 5.05. The van der Waals surface area contributed by atoms with E-state index in [0.717, 1.165) is 22.5 Å². The second-order valence-electron chi connectivity index (χ2n) is 6.63. The summed E-state index contributed by atoms with van der Waals surface area (Å²) in [4.78, 5) is 0. The lowest BCUT2D eigenvalue weighted by molar-refractivity contribution is 0.691. The van der Waals surface area contributed by atoms with Crippen molar-refractivity contribution in [2.75, 3.05) is 11.5 Å². The number of aryl methyl sites for hydroxylation is 2. The lowest BCUT2D eigenvalue weighted by Gasteiger charge is -2.33. The number of benzene rings is 3. The molecule has 3 rings (SSSR count). The molecule has 0 aliphatic heterocycles. The summed E-state index contributed by atoms with van der Waals surface area (Å²) in [6.07, 6.45) is 0. The summed E-state index contributed by atoms with van der Waals surface area (Å²) in [6, 6.07) is 23.2. The van der Waals surface area contributed by atoms with Gasteiger partial charge in [0, 0.05) is 16.8 Å². The molecule has 0 bridgehead atoms. The molecule has 122 valence electrons. The van der Waals surface area contributed by atoms with E-state index in [9.17, 15) is 0 Å². The minimum Gasteiger partial charge on any atom is -0.399 e. The molecule has 0 saturated heterocycles. The van der Waals surface area contributed by atoms with E-state index in [4.69, 9.17) is 11.5 Å². The van der Waals surface area contributed by atoms with Gasteiger partial charge in [-0.15, -0.1) is 0 Å². The van der Waals surface area contributed by atoms with Crippen LogP contribution < -0.4 is 11.5 Å². The molecule has 0 aliphatic carbocycles. The molecule has 0 aromatic heterocycles. The minimum absolute atomic E-state index is 0.266. The van der Waals surface area contributed by atoms with Gasteiger partial charge >= 0.3 is 0 Å². The van der Waals surface area contributed by atoms with Crippen LogP contribution in [0.2, 0.25) is 0 Å². The monoisotopic (exact) mass is 316 g/mol. The van der Waals surface area contributed by atoms with Gasteiger partial charge in [0.1, 0.15) is 0 Å². The molecular formula is C22H24N2. The lowest BCUT2D eigenvalue weighted by atomic mass is 9.70. The van der Waals surface area contributed by atoms with Crippen LogP contribution in [0, 0.1) is 13.8 Å². The Hall–Kier alpha value is -2.74. The predicted octanol–water partition coefficient (Wildman–Crippen LogP) is 4.82. The first-order valence-corrected chi connectivity index (χ1v) is 8.21. The molecule has 0 amide bonds. The van der Waals surface area contributed by atoms with Crippen molar-refractivity contribution in [1.29, 1.82) is 0 Å². The quantitative estimate of drug-likeness (QED) is 0.537. The fourth-order valence-corrected chi connectivity index (χ4v) is 3.24. The second-order valence-corrected chi connectivity index (χ2v) is 6.63. The number of hydrogen-bond acceptors (Lipinski definition) is 2. The maximum Gasteiger partial charge on any atom is 0.0423 e. The maximum atomic E-state index is 6.04. The van der Waals surface area contributed by atoms with Gasteiger partial charge in [-0.1, -0.05) is 54.6 Å². The van der Waals surface area contributed by atoms with Crippen LogP contribution in [0.15, 0.2) is 66.7 Å². The molecule has 0 atom stereocenters. The Morgan fingerprint density at radius 3 is 1.50 bits per heavy atom. The number of anilines is 2. The molecule has 0 heterocycles. The number of nitrogens with two attached hydrogens (primary N) is 2. The van der Waals surface area contributed by atoms with E-state index < -0.39 is 0 Å². The first-order chi connectivity index (χ1) is 11.4. The first-order valence-electron chi connectivity index (χ1n) is 8.21. The zero-order valence-corrected chi connectivity index (χ0v) is 14.5. The highest BCUT2D eigenvalue weighted by molar-refractivity contribution is 5.58. The molecule has 3 aromatic rings. The molecule has 2 nitrogen and oxygen atoms in total. The van der Waals surface area contributed by atoms with E-state index in [1.54, 1.807) is 0 Å². The Bertz CT molecular complexity index is 815. The first kappa shape index (κ1) is 16.1. The summed E-state index contributed by atoms with van der Waals surface area (Å²) < 4.78 is 0. The van der Waals surface area contributed by atoms with Crippen LogP contribution in [0.1, 0.15) is 34.7 Å². The highest BCUT2D eigenvalue weighted by Crippen LogP contribution is 2.40. The zero-order valence-electron chi connectivity index (χ0n) is 14.5. The fraction of sp³-hybridized carbons (Fsp3) is 0.182. The van der Waals surface area contributed by atoms with Crippen LogP contribution in [-0.4, -0.2) is 0 Å². The number of hydrogen-bond donors (Lipinski definition) is 2. The molecule has 0 fully saturated rings. The average Bonchev–Trinajstić information content (AvgIpc) is 2.60. The van der Waals surface area contributed by atoms with Gasteiger partial charge in [0.25, 0.3) is 0 Å². The topological polar surface area (TPSA) is 52.0 Å². The second kappa shape index (κ2) is 6.04. The predicted molar refractivity (Wildman–Crippen MR) is 103 cm³/mol. The van der Waals surface area contributed by atoms with Gasteiger partial charge in [-0.2, -0.15) is 0 Å². The molecule has 3 aromatic carbocycles. The molecule has 0 radical (unpaired) electrons. The fourth-order valence-electron chi connectivity index (χ4n) is 3.24. The van der Waals surface area contributed by atoms with E-state index in [0.29, 0.717) is 0 Å². The smallest absolute Gasteiger partial charge is 0.0423 e. The Morgan fingerprint density at radius 1 is 0.625 bits per heavy atom.